The van der Waals surface area contributed by atoms with E-state index in [2.05, 4.69) is 0 Å². The summed E-state index contributed by atoms with van der Waals surface area (Å²) in [6.07, 6.45) is -0.806. The Morgan fingerprint density at radius 1 is 1.25 bits per heavy atom. The molecule has 2 aliphatic rings. The number of phenolic OH excluding ortho intramolecular Hbond substituents is 1. The highest BCUT2D eigenvalue weighted by molar-refractivity contribution is 6.27. The highest BCUT2D eigenvalue weighted by Crippen LogP contribution is 2.40. The molecule has 0 spiro atoms. The number of aromatic hydroxyl groups is 1. The second-order valence-electron chi connectivity index (χ2n) is 5.68. The van der Waals surface area contributed by atoms with Gasteiger partial charge in [-0.2, -0.15) is 0 Å². The van der Waals surface area contributed by atoms with Crippen LogP contribution >= 0.6 is 0 Å². The Labute approximate surface area is 115 Å². The third-order valence-corrected chi connectivity index (χ3v) is 3.61. The van der Waals surface area contributed by atoms with Crippen molar-refractivity contribution in [3.8, 4) is 5.75 Å². The van der Waals surface area contributed by atoms with Gasteiger partial charge in [0, 0.05) is 12.0 Å². The van der Waals surface area contributed by atoms with Crippen molar-refractivity contribution >= 4 is 11.6 Å². The molecule has 5 nitrogen and oxygen atoms in total. The Hall–Kier alpha value is -2.14. The number of aliphatic hydroxyl groups excluding tert-OH is 1. The van der Waals surface area contributed by atoms with Crippen LogP contribution in [0.25, 0.3) is 0 Å². The molecule has 2 N–H and O–H groups in total. The standard InChI is InChI=1S/C15H14O5/c1-15(2)6-9(17)11-12(18)7-4-3-5-8(16)10(7)13(19)14(11)20-15/h3-5,9,16-17H,6H2,1-2H3/t9-/m0/s1. The van der Waals surface area contributed by atoms with Gasteiger partial charge in [-0.25, -0.2) is 0 Å². The summed E-state index contributed by atoms with van der Waals surface area (Å²) >= 11 is 0. The van der Waals surface area contributed by atoms with E-state index >= 15 is 0 Å². The Kier molecular flexibility index (Phi) is 2.53. The molecule has 0 saturated heterocycles. The summed E-state index contributed by atoms with van der Waals surface area (Å²) in [5, 5.41) is 20.0. The average molecular weight is 274 g/mol. The number of allylic oxidation sites excluding steroid dienone is 1. The van der Waals surface area contributed by atoms with Gasteiger partial charge in [0.25, 0.3) is 0 Å². The Balaban J connectivity index is 2.24. The van der Waals surface area contributed by atoms with Gasteiger partial charge in [0.1, 0.15) is 11.4 Å². The minimum absolute atomic E-state index is 0.00701. The van der Waals surface area contributed by atoms with E-state index in [4.69, 9.17) is 4.74 Å². The molecule has 0 amide bonds. The van der Waals surface area contributed by atoms with Crippen molar-refractivity contribution in [2.75, 3.05) is 0 Å². The van der Waals surface area contributed by atoms with Crippen molar-refractivity contribution in [2.24, 2.45) is 0 Å². The van der Waals surface area contributed by atoms with Crippen molar-refractivity contribution in [3.63, 3.8) is 0 Å². The first-order chi connectivity index (χ1) is 9.32. The number of aliphatic hydroxyl groups is 1. The number of hydrogen-bond donors (Lipinski definition) is 2. The van der Waals surface area contributed by atoms with E-state index in [-0.39, 0.29) is 34.6 Å². The number of Topliss-reactive ketones (excluding diaryl/α,β-unsaturated/α-hetero) is 2. The molecule has 1 aromatic carbocycles. The number of carbonyl (C=O) groups excluding carboxylic acids is 2. The smallest absolute Gasteiger partial charge is 0.232 e. The zero-order valence-corrected chi connectivity index (χ0v) is 11.1. The fourth-order valence-electron chi connectivity index (χ4n) is 2.74. The van der Waals surface area contributed by atoms with Crippen molar-refractivity contribution in [3.05, 3.63) is 40.7 Å². The first-order valence-corrected chi connectivity index (χ1v) is 6.34. The van der Waals surface area contributed by atoms with Crippen LogP contribution < -0.4 is 0 Å². The molecule has 1 aliphatic carbocycles. The number of phenols is 1. The number of ether oxygens (including phenoxy) is 1. The van der Waals surface area contributed by atoms with Gasteiger partial charge in [-0.1, -0.05) is 12.1 Å². The zero-order valence-electron chi connectivity index (χ0n) is 11.1. The predicted octanol–water partition coefficient (Wildman–Crippen LogP) is 1.59. The van der Waals surface area contributed by atoms with Crippen LogP contribution in [0, 0.1) is 0 Å². The SMILES string of the molecule is CC1(C)C[C@H](O)C2=C(O1)C(=O)c1c(O)cccc1C2=O. The molecule has 1 atom stereocenters. The van der Waals surface area contributed by atoms with Crippen LogP contribution in [0.2, 0.25) is 0 Å². The Morgan fingerprint density at radius 2 is 1.95 bits per heavy atom. The van der Waals surface area contributed by atoms with Gasteiger partial charge in [-0.3, -0.25) is 9.59 Å². The summed E-state index contributed by atoms with van der Waals surface area (Å²) in [6, 6.07) is 4.30. The molecular weight excluding hydrogens is 260 g/mol. The topological polar surface area (TPSA) is 83.8 Å². The lowest BCUT2D eigenvalue weighted by Gasteiger charge is -2.38. The van der Waals surface area contributed by atoms with Gasteiger partial charge in [-0.05, 0) is 19.9 Å². The summed E-state index contributed by atoms with van der Waals surface area (Å²) in [5.74, 6) is -1.42. The first kappa shape index (κ1) is 12.9. The summed E-state index contributed by atoms with van der Waals surface area (Å²) in [7, 11) is 0. The second kappa shape index (κ2) is 3.93. The van der Waals surface area contributed by atoms with Gasteiger partial charge >= 0.3 is 0 Å². The highest BCUT2D eigenvalue weighted by atomic mass is 16.5. The molecule has 104 valence electrons. The average Bonchev–Trinajstić information content (AvgIpc) is 2.33. The lowest BCUT2D eigenvalue weighted by atomic mass is 9.80. The zero-order chi connectivity index (χ0) is 14.7. The third-order valence-electron chi connectivity index (χ3n) is 3.61. The molecule has 1 heterocycles. The predicted molar refractivity (Wildman–Crippen MR) is 69.6 cm³/mol. The van der Waals surface area contributed by atoms with E-state index in [1.807, 2.05) is 0 Å². The maximum absolute atomic E-state index is 12.4. The van der Waals surface area contributed by atoms with Gasteiger partial charge in [0.2, 0.25) is 5.78 Å². The fraction of sp³-hybridized carbons (Fsp3) is 0.333. The van der Waals surface area contributed by atoms with Crippen LogP contribution in [0.15, 0.2) is 29.5 Å². The fourth-order valence-corrected chi connectivity index (χ4v) is 2.74. The molecule has 0 radical (unpaired) electrons. The minimum Gasteiger partial charge on any atom is -0.507 e. The summed E-state index contributed by atoms with van der Waals surface area (Å²) in [5.41, 5.74) is -0.694. The van der Waals surface area contributed by atoms with E-state index in [9.17, 15) is 19.8 Å². The van der Waals surface area contributed by atoms with E-state index in [1.165, 1.54) is 18.2 Å². The molecule has 0 aromatic heterocycles. The molecule has 0 saturated carbocycles. The third kappa shape index (κ3) is 1.67. The molecule has 0 bridgehead atoms. The summed E-state index contributed by atoms with van der Waals surface area (Å²) in [6.45, 7) is 3.47. The monoisotopic (exact) mass is 274 g/mol. The van der Waals surface area contributed by atoms with E-state index < -0.39 is 23.3 Å². The molecule has 5 heteroatoms. The van der Waals surface area contributed by atoms with Crippen LogP contribution in [-0.4, -0.2) is 33.5 Å². The number of hydrogen-bond acceptors (Lipinski definition) is 5. The summed E-state index contributed by atoms with van der Waals surface area (Å²) < 4.78 is 5.58. The van der Waals surface area contributed by atoms with Gasteiger partial charge in [0.15, 0.2) is 11.5 Å². The molecule has 1 aromatic rings. The number of fused-ring (bicyclic) bond motifs is 1. The first-order valence-electron chi connectivity index (χ1n) is 6.34. The Bertz CT molecular complexity index is 669. The van der Waals surface area contributed by atoms with Crippen LogP contribution in [0.4, 0.5) is 0 Å². The largest absolute Gasteiger partial charge is 0.507 e. The van der Waals surface area contributed by atoms with Gasteiger partial charge in [0.05, 0.1) is 17.2 Å². The molecule has 20 heavy (non-hydrogen) atoms. The van der Waals surface area contributed by atoms with Crippen LogP contribution in [0.3, 0.4) is 0 Å². The van der Waals surface area contributed by atoms with Gasteiger partial charge in [-0.15, -0.1) is 0 Å². The lowest BCUT2D eigenvalue weighted by Crippen LogP contribution is -2.42. The van der Waals surface area contributed by atoms with Crippen molar-refractivity contribution in [1.29, 1.82) is 0 Å². The summed E-state index contributed by atoms with van der Waals surface area (Å²) in [4.78, 5) is 24.9. The maximum atomic E-state index is 12.4. The molecule has 3 rings (SSSR count). The van der Waals surface area contributed by atoms with E-state index in [1.54, 1.807) is 13.8 Å². The van der Waals surface area contributed by atoms with Crippen molar-refractivity contribution in [1.82, 2.24) is 0 Å². The number of carbonyl (C=O) groups is 2. The van der Waals surface area contributed by atoms with Gasteiger partial charge < -0.3 is 14.9 Å². The van der Waals surface area contributed by atoms with Crippen LogP contribution in [0.5, 0.6) is 5.75 Å². The molecule has 0 unspecified atom stereocenters. The lowest BCUT2D eigenvalue weighted by molar-refractivity contribution is -0.0250. The minimum atomic E-state index is -1.04. The van der Waals surface area contributed by atoms with Crippen LogP contribution in [-0.2, 0) is 4.74 Å². The van der Waals surface area contributed by atoms with Crippen molar-refractivity contribution < 1.29 is 24.5 Å². The normalized spacial score (nSPS) is 24.1. The highest BCUT2D eigenvalue weighted by Gasteiger charge is 2.45. The Morgan fingerprint density at radius 3 is 2.65 bits per heavy atom. The molecular formula is C15H14O5. The molecule has 1 aliphatic heterocycles. The van der Waals surface area contributed by atoms with Crippen LogP contribution in [0.1, 0.15) is 41.0 Å². The number of rotatable bonds is 0. The quantitative estimate of drug-likeness (QED) is 0.750. The van der Waals surface area contributed by atoms with E-state index in [0.29, 0.717) is 0 Å². The number of ketones is 2. The molecule has 0 fully saturated rings. The number of benzene rings is 1. The van der Waals surface area contributed by atoms with E-state index in [0.717, 1.165) is 0 Å². The maximum Gasteiger partial charge on any atom is 0.232 e. The second-order valence-corrected chi connectivity index (χ2v) is 5.68. The van der Waals surface area contributed by atoms with Crippen molar-refractivity contribution in [2.45, 2.75) is 32.0 Å².